The molecule has 4 nitrogen and oxygen atoms in total. The van der Waals surface area contributed by atoms with Crippen molar-refractivity contribution in [2.24, 2.45) is 0 Å². The van der Waals surface area contributed by atoms with Crippen molar-refractivity contribution in [3.63, 3.8) is 0 Å². The van der Waals surface area contributed by atoms with Crippen LogP contribution in [0.15, 0.2) is 109 Å². The summed E-state index contributed by atoms with van der Waals surface area (Å²) >= 11 is 0. The highest BCUT2D eigenvalue weighted by Gasteiger charge is 2.26. The van der Waals surface area contributed by atoms with E-state index in [1.54, 1.807) is 24.3 Å². The molecule has 0 bridgehead atoms. The van der Waals surface area contributed by atoms with Crippen molar-refractivity contribution in [1.29, 1.82) is 0 Å². The van der Waals surface area contributed by atoms with E-state index in [1.807, 2.05) is 66.7 Å². The molecule has 3 aromatic carbocycles. The number of carbonyl (C=O) groups is 2. The molecule has 0 aliphatic heterocycles. The summed E-state index contributed by atoms with van der Waals surface area (Å²) in [6, 6.07) is 26.7. The van der Waals surface area contributed by atoms with Crippen LogP contribution in [0, 0.1) is 0 Å². The predicted molar refractivity (Wildman–Crippen MR) is 112 cm³/mol. The molecule has 1 N–H and O–H groups in total. The zero-order chi connectivity index (χ0) is 20.5. The minimum Gasteiger partial charge on any atom is -0.457 e. The number of esters is 1. The van der Waals surface area contributed by atoms with Gasteiger partial charge in [0.2, 0.25) is 0 Å². The van der Waals surface area contributed by atoms with Crippen LogP contribution in [0.5, 0.6) is 0 Å². The van der Waals surface area contributed by atoms with Gasteiger partial charge in [-0.15, -0.1) is 5.73 Å². The van der Waals surface area contributed by atoms with Crippen molar-refractivity contribution in [1.82, 2.24) is 5.32 Å². The molecule has 1 atom stereocenters. The summed E-state index contributed by atoms with van der Waals surface area (Å²) in [5.41, 5.74) is 4.92. The van der Waals surface area contributed by atoms with Crippen molar-refractivity contribution >= 4 is 11.9 Å². The molecule has 0 aromatic heterocycles. The van der Waals surface area contributed by atoms with E-state index in [0.29, 0.717) is 5.56 Å². The van der Waals surface area contributed by atoms with Crippen LogP contribution in [-0.4, -0.2) is 11.9 Å². The Morgan fingerprint density at radius 1 is 0.862 bits per heavy atom. The second-order valence-corrected chi connectivity index (χ2v) is 6.34. The van der Waals surface area contributed by atoms with Gasteiger partial charge in [0.25, 0.3) is 5.91 Å². The van der Waals surface area contributed by atoms with Crippen LogP contribution in [-0.2, 0) is 16.1 Å². The molecule has 0 fully saturated rings. The summed E-state index contributed by atoms with van der Waals surface area (Å²) in [6.07, 6.45) is 0. The molecule has 0 spiro atoms. The maximum atomic E-state index is 12.8. The second kappa shape index (κ2) is 9.88. The molecule has 0 unspecified atom stereocenters. The highest BCUT2D eigenvalue weighted by molar-refractivity contribution is 5.96. The van der Waals surface area contributed by atoms with E-state index in [4.69, 9.17) is 4.74 Å². The SMILES string of the molecule is C=C=C(C(=O)OCc1ccccc1)[C@H](NC(=O)c1ccccc1)c1ccccc1. The zero-order valence-corrected chi connectivity index (χ0v) is 15.9. The molecule has 0 heterocycles. The lowest BCUT2D eigenvalue weighted by Gasteiger charge is -2.20. The Bertz CT molecular complexity index is 1010. The number of amides is 1. The summed E-state index contributed by atoms with van der Waals surface area (Å²) in [4.78, 5) is 25.5. The lowest BCUT2D eigenvalue weighted by molar-refractivity contribution is -0.140. The quantitative estimate of drug-likeness (QED) is 0.368. The molecule has 0 saturated heterocycles. The van der Waals surface area contributed by atoms with Crippen LogP contribution in [0.4, 0.5) is 0 Å². The van der Waals surface area contributed by atoms with Crippen molar-refractivity contribution in [2.75, 3.05) is 0 Å². The van der Waals surface area contributed by atoms with Crippen LogP contribution < -0.4 is 5.32 Å². The van der Waals surface area contributed by atoms with Crippen molar-refractivity contribution in [3.8, 4) is 0 Å². The third-order valence-corrected chi connectivity index (χ3v) is 4.36. The van der Waals surface area contributed by atoms with Crippen LogP contribution in [0.2, 0.25) is 0 Å². The normalized spacial score (nSPS) is 11.0. The Labute approximate surface area is 170 Å². The Morgan fingerprint density at radius 3 is 2.00 bits per heavy atom. The average molecular weight is 383 g/mol. The molecule has 144 valence electrons. The zero-order valence-electron chi connectivity index (χ0n) is 15.9. The molecule has 29 heavy (non-hydrogen) atoms. The van der Waals surface area contributed by atoms with Gasteiger partial charge in [0.15, 0.2) is 0 Å². The number of nitrogens with one attached hydrogen (secondary N) is 1. The van der Waals surface area contributed by atoms with E-state index >= 15 is 0 Å². The van der Waals surface area contributed by atoms with Gasteiger partial charge in [-0.2, -0.15) is 0 Å². The fourth-order valence-electron chi connectivity index (χ4n) is 2.86. The number of carbonyl (C=O) groups excluding carboxylic acids is 2. The Balaban J connectivity index is 1.82. The van der Waals surface area contributed by atoms with Crippen LogP contribution in [0.1, 0.15) is 27.5 Å². The Hall–Kier alpha value is -3.88. The van der Waals surface area contributed by atoms with Gasteiger partial charge >= 0.3 is 5.97 Å². The first-order chi connectivity index (χ1) is 14.2. The van der Waals surface area contributed by atoms with Gasteiger partial charge in [0.1, 0.15) is 12.2 Å². The van der Waals surface area contributed by atoms with Crippen LogP contribution in [0.25, 0.3) is 0 Å². The van der Waals surface area contributed by atoms with Crippen LogP contribution >= 0.6 is 0 Å². The predicted octanol–water partition coefficient (Wildman–Crippen LogP) is 4.61. The minimum atomic E-state index is -0.732. The number of benzene rings is 3. The van der Waals surface area contributed by atoms with Gasteiger partial charge in [-0.3, -0.25) is 4.79 Å². The second-order valence-electron chi connectivity index (χ2n) is 6.34. The monoisotopic (exact) mass is 383 g/mol. The molecule has 4 heteroatoms. The summed E-state index contributed by atoms with van der Waals surface area (Å²) in [7, 11) is 0. The standard InChI is InChI=1S/C25H21NO3/c1-2-22(25(28)29-18-19-12-6-3-7-13-19)23(20-14-8-4-9-15-20)26-24(27)21-16-10-5-11-17-21/h3-17,23H,1,18H2,(H,26,27)/t23-/m1/s1. The van der Waals surface area contributed by atoms with Crippen molar-refractivity contribution < 1.29 is 14.3 Å². The van der Waals surface area contributed by atoms with Gasteiger partial charge in [-0.1, -0.05) is 85.4 Å². The summed E-state index contributed by atoms with van der Waals surface area (Å²) < 4.78 is 5.44. The third-order valence-electron chi connectivity index (χ3n) is 4.36. The Morgan fingerprint density at radius 2 is 1.41 bits per heavy atom. The maximum absolute atomic E-state index is 12.8. The molecule has 1 amide bonds. The van der Waals surface area contributed by atoms with Crippen molar-refractivity contribution in [3.05, 3.63) is 126 Å². The average Bonchev–Trinajstić information content (AvgIpc) is 2.79. The van der Waals surface area contributed by atoms with Gasteiger partial charge in [-0.25, -0.2) is 4.79 Å². The van der Waals surface area contributed by atoms with Gasteiger partial charge < -0.3 is 10.1 Å². The largest absolute Gasteiger partial charge is 0.457 e. The van der Waals surface area contributed by atoms with E-state index in [-0.39, 0.29) is 18.1 Å². The first-order valence-electron chi connectivity index (χ1n) is 9.21. The first-order valence-corrected chi connectivity index (χ1v) is 9.21. The summed E-state index contributed by atoms with van der Waals surface area (Å²) in [5, 5.41) is 2.90. The fourth-order valence-corrected chi connectivity index (χ4v) is 2.86. The highest BCUT2D eigenvalue weighted by atomic mass is 16.5. The molecular weight excluding hydrogens is 362 g/mol. The van der Waals surface area contributed by atoms with Gasteiger partial charge in [-0.05, 0) is 23.3 Å². The van der Waals surface area contributed by atoms with E-state index < -0.39 is 12.0 Å². The molecule has 3 aromatic rings. The Kier molecular flexibility index (Phi) is 6.77. The highest BCUT2D eigenvalue weighted by Crippen LogP contribution is 2.23. The molecular formula is C25H21NO3. The summed E-state index contributed by atoms with van der Waals surface area (Å²) in [5.74, 6) is -0.880. The van der Waals surface area contributed by atoms with Gasteiger partial charge in [0, 0.05) is 5.56 Å². The van der Waals surface area contributed by atoms with Gasteiger partial charge in [0.05, 0.1) is 6.04 Å². The lowest BCUT2D eigenvalue weighted by Crippen LogP contribution is -2.32. The number of rotatable bonds is 7. The summed E-state index contributed by atoms with van der Waals surface area (Å²) in [6.45, 7) is 3.77. The molecule has 3 rings (SSSR count). The van der Waals surface area contributed by atoms with E-state index in [2.05, 4.69) is 17.6 Å². The lowest BCUT2D eigenvalue weighted by atomic mass is 9.98. The maximum Gasteiger partial charge on any atom is 0.344 e. The third kappa shape index (κ3) is 5.32. The first kappa shape index (κ1) is 19.9. The van der Waals surface area contributed by atoms with E-state index in [9.17, 15) is 9.59 Å². The molecule has 0 radical (unpaired) electrons. The smallest absolute Gasteiger partial charge is 0.344 e. The van der Waals surface area contributed by atoms with Crippen LogP contribution in [0.3, 0.4) is 0 Å². The number of hydrogen-bond donors (Lipinski definition) is 1. The van der Waals surface area contributed by atoms with E-state index in [1.165, 1.54) is 0 Å². The topological polar surface area (TPSA) is 55.4 Å². The number of hydrogen-bond acceptors (Lipinski definition) is 3. The fraction of sp³-hybridized carbons (Fsp3) is 0.0800. The molecule has 0 aliphatic rings. The van der Waals surface area contributed by atoms with E-state index in [0.717, 1.165) is 11.1 Å². The minimum absolute atomic E-state index is 0.124. The number of ether oxygens (including phenoxy) is 1. The molecule has 0 aliphatic carbocycles. The molecule has 0 saturated carbocycles. The van der Waals surface area contributed by atoms with Crippen molar-refractivity contribution in [2.45, 2.75) is 12.6 Å².